The number of anilines is 6. The van der Waals surface area contributed by atoms with Gasteiger partial charge in [0.15, 0.2) is 22.9 Å². The average Bonchev–Trinajstić information content (AvgIpc) is 1.50. The first-order valence-corrected chi connectivity index (χ1v) is 32.7. The molecule has 0 unspecified atom stereocenters. The second-order valence-corrected chi connectivity index (χ2v) is 27.7. The highest BCUT2D eigenvalue weighted by atomic mass is 16.4. The van der Waals surface area contributed by atoms with Crippen LogP contribution in [0.4, 0.5) is 34.1 Å². The Hall–Kier alpha value is -9.26. The molecule has 4 aliphatic carbocycles. The Bertz CT molecular complexity index is 4310. The van der Waals surface area contributed by atoms with E-state index < -0.39 is 5.41 Å². The molecule has 2 heterocycles. The van der Waals surface area contributed by atoms with Crippen molar-refractivity contribution in [1.82, 2.24) is 9.97 Å². The molecule has 0 bridgehead atoms. The van der Waals surface area contributed by atoms with Crippen LogP contribution in [-0.4, -0.2) is 9.97 Å². The van der Waals surface area contributed by atoms with E-state index in [0.29, 0.717) is 0 Å². The van der Waals surface area contributed by atoms with Gasteiger partial charge in [-0.15, -0.1) is 0 Å². The summed E-state index contributed by atoms with van der Waals surface area (Å²) in [6, 6.07) is 81.5. The molecule has 0 N–H and O–H groups in total. The molecule has 0 amide bonds. The number of nitrogens with zero attached hydrogens (tertiary/aromatic N) is 4. The molecule has 440 valence electrons. The molecule has 89 heavy (non-hydrogen) atoms. The molecule has 2 aromatic heterocycles. The number of hydrogen-bond acceptors (Lipinski definition) is 6. The number of benzene rings is 10. The molecule has 0 aliphatic heterocycles. The van der Waals surface area contributed by atoms with Crippen LogP contribution in [0.25, 0.3) is 66.7 Å². The van der Waals surface area contributed by atoms with Crippen molar-refractivity contribution < 1.29 is 8.83 Å². The third kappa shape index (κ3) is 9.18. The maximum Gasteiger partial charge on any atom is 0.198 e. The Balaban J connectivity index is 1.03. The van der Waals surface area contributed by atoms with Gasteiger partial charge in [0, 0.05) is 45.7 Å². The van der Waals surface area contributed by atoms with E-state index in [1.54, 1.807) is 0 Å². The molecule has 1 spiro atoms. The number of rotatable bonds is 10. The Morgan fingerprint density at radius 1 is 0.360 bits per heavy atom. The van der Waals surface area contributed by atoms with Gasteiger partial charge in [0.2, 0.25) is 0 Å². The maximum absolute atomic E-state index is 7.75. The third-order valence-corrected chi connectivity index (χ3v) is 20.2. The third-order valence-electron chi connectivity index (χ3n) is 20.2. The Morgan fingerprint density at radius 3 is 1.04 bits per heavy atom. The van der Waals surface area contributed by atoms with Crippen molar-refractivity contribution in [2.45, 2.75) is 134 Å². The topological polar surface area (TPSA) is 58.5 Å². The van der Waals surface area contributed by atoms with E-state index in [0.717, 1.165) is 153 Å². The maximum atomic E-state index is 7.75. The minimum atomic E-state index is -0.850. The van der Waals surface area contributed by atoms with Gasteiger partial charge in [-0.05, 0) is 164 Å². The molecule has 16 rings (SSSR count). The van der Waals surface area contributed by atoms with Crippen LogP contribution in [0.2, 0.25) is 0 Å². The van der Waals surface area contributed by atoms with E-state index in [-0.39, 0.29) is 22.7 Å². The largest absolute Gasteiger partial charge is 0.440 e. The van der Waals surface area contributed by atoms with Gasteiger partial charge < -0.3 is 18.6 Å². The lowest BCUT2D eigenvalue weighted by Gasteiger charge is -2.33. The Labute approximate surface area is 523 Å². The van der Waals surface area contributed by atoms with Gasteiger partial charge in [0.1, 0.15) is 11.0 Å². The molecular weight excluding hydrogens is 1080 g/mol. The van der Waals surface area contributed by atoms with Gasteiger partial charge >= 0.3 is 0 Å². The summed E-state index contributed by atoms with van der Waals surface area (Å²) < 4.78 is 15.5. The van der Waals surface area contributed by atoms with Crippen LogP contribution in [0.15, 0.2) is 227 Å². The van der Waals surface area contributed by atoms with Crippen LogP contribution in [0.1, 0.15) is 163 Å². The quantitative estimate of drug-likeness (QED) is 0.136. The fourth-order valence-corrected chi connectivity index (χ4v) is 15.5. The highest BCUT2D eigenvalue weighted by Gasteiger charge is 2.55. The van der Waals surface area contributed by atoms with Crippen molar-refractivity contribution in [2.75, 3.05) is 9.80 Å². The molecule has 10 aromatic carbocycles. The SMILES string of the molecule is CC(C)(C)c1ccc(N(c2ccc(-c3ccccc3)cc2)c2cc3c(c4oc(C5CCCCC5)nc24)-c2c(cc(N(c4ccc(-c5ccccc5)cc4)c4ccc(C(C)(C)C)cc4)c4nc(C5CCCCC5)oc24)C32c3ccccc3-c3ccccc32)cc1. The summed E-state index contributed by atoms with van der Waals surface area (Å²) in [5.74, 6) is 2.04. The summed E-state index contributed by atoms with van der Waals surface area (Å²) in [4.78, 5) is 16.6. The van der Waals surface area contributed by atoms with Crippen LogP contribution < -0.4 is 9.80 Å². The highest BCUT2D eigenvalue weighted by molar-refractivity contribution is 6.15. The zero-order valence-corrected chi connectivity index (χ0v) is 52.1. The zero-order valence-electron chi connectivity index (χ0n) is 52.1. The summed E-state index contributed by atoms with van der Waals surface area (Å²) in [5, 5.41) is 0. The summed E-state index contributed by atoms with van der Waals surface area (Å²) in [6.07, 6.45) is 11.3. The van der Waals surface area contributed by atoms with Gasteiger partial charge in [0.25, 0.3) is 0 Å². The van der Waals surface area contributed by atoms with E-state index in [4.69, 9.17) is 18.8 Å². The van der Waals surface area contributed by atoms with Crippen molar-refractivity contribution in [3.63, 3.8) is 0 Å². The summed E-state index contributed by atoms with van der Waals surface area (Å²) in [7, 11) is 0. The van der Waals surface area contributed by atoms with Crippen molar-refractivity contribution >= 4 is 56.3 Å². The van der Waals surface area contributed by atoms with E-state index in [9.17, 15) is 0 Å². The minimum absolute atomic E-state index is 0.0389. The number of oxazole rings is 2. The lowest BCUT2D eigenvalue weighted by molar-refractivity contribution is 0.373. The second kappa shape index (κ2) is 21.5. The average molecular weight is 1160 g/mol. The first kappa shape index (κ1) is 55.1. The molecule has 0 saturated heterocycles. The van der Waals surface area contributed by atoms with Crippen LogP contribution in [0.3, 0.4) is 0 Å². The van der Waals surface area contributed by atoms with Crippen LogP contribution in [0.5, 0.6) is 0 Å². The summed E-state index contributed by atoms with van der Waals surface area (Å²) in [5.41, 5.74) is 25.0. The van der Waals surface area contributed by atoms with Gasteiger partial charge in [0.05, 0.1) is 16.8 Å². The van der Waals surface area contributed by atoms with Crippen LogP contribution in [0, 0.1) is 0 Å². The van der Waals surface area contributed by atoms with Crippen molar-refractivity contribution in [3.05, 3.63) is 264 Å². The minimum Gasteiger partial charge on any atom is -0.440 e. The molecular formula is C83H76N4O2. The lowest BCUT2D eigenvalue weighted by Crippen LogP contribution is -2.26. The molecule has 6 nitrogen and oxygen atoms in total. The first-order valence-electron chi connectivity index (χ1n) is 32.7. The summed E-state index contributed by atoms with van der Waals surface area (Å²) in [6.45, 7) is 13.8. The van der Waals surface area contributed by atoms with Crippen molar-refractivity contribution in [1.29, 1.82) is 0 Å². The molecule has 0 atom stereocenters. The van der Waals surface area contributed by atoms with Gasteiger partial charge in [-0.25, -0.2) is 9.97 Å². The van der Waals surface area contributed by atoms with Crippen LogP contribution >= 0.6 is 0 Å². The second-order valence-electron chi connectivity index (χ2n) is 27.7. The molecule has 2 saturated carbocycles. The van der Waals surface area contributed by atoms with E-state index in [1.807, 2.05) is 0 Å². The predicted octanol–water partition coefficient (Wildman–Crippen LogP) is 23.3. The lowest BCUT2D eigenvalue weighted by atomic mass is 9.70. The highest BCUT2D eigenvalue weighted by Crippen LogP contribution is 2.67. The number of fused-ring (bicyclic) bond motifs is 14. The fourth-order valence-electron chi connectivity index (χ4n) is 15.5. The molecule has 4 aliphatic rings. The normalized spacial score (nSPS) is 15.5. The van der Waals surface area contributed by atoms with Crippen molar-refractivity contribution in [3.8, 4) is 44.5 Å². The Morgan fingerprint density at radius 2 is 0.685 bits per heavy atom. The van der Waals surface area contributed by atoms with E-state index in [2.05, 4.69) is 270 Å². The standard InChI is InChI=1S/C83H76N4O2/c1-81(2,3)59-39-47-63(48-40-59)86(61-43-35-55(36-44-61)53-23-11-7-12-24-53)71-51-69-73(77-75(71)84-79(88-77)57-27-15-9-16-28-57)74-70(83(69)67-33-21-19-31-65(67)66-32-20-22-34-68(66)83)52-72(76-78(74)89-80(85-76)58-29-17-10-18-30-58)87(64-49-41-60(42-50-64)82(4,5)6)62-45-37-56(38-46-62)54-25-13-8-14-26-54/h7-8,11-14,19-26,31-52,57-58H,9-10,15-18,27-30H2,1-6H3. The fraction of sp³-hybridized carbons (Fsp3) is 0.253. The van der Waals surface area contributed by atoms with E-state index in [1.165, 1.54) is 57.3 Å². The van der Waals surface area contributed by atoms with E-state index >= 15 is 0 Å². The van der Waals surface area contributed by atoms with Crippen LogP contribution in [-0.2, 0) is 16.2 Å². The zero-order chi connectivity index (χ0) is 60.2. The molecule has 2 fully saturated rings. The number of aromatic nitrogens is 2. The predicted molar refractivity (Wildman–Crippen MR) is 367 cm³/mol. The van der Waals surface area contributed by atoms with Gasteiger partial charge in [-0.2, -0.15) is 0 Å². The smallest absolute Gasteiger partial charge is 0.198 e. The van der Waals surface area contributed by atoms with Gasteiger partial charge in [-0.1, -0.05) is 238 Å². The van der Waals surface area contributed by atoms with Crippen molar-refractivity contribution in [2.24, 2.45) is 0 Å². The van der Waals surface area contributed by atoms with Gasteiger partial charge in [-0.3, -0.25) is 0 Å². The molecule has 6 heteroatoms. The monoisotopic (exact) mass is 1160 g/mol. The first-order chi connectivity index (χ1) is 43.4. The Kier molecular flexibility index (Phi) is 13.3. The number of hydrogen-bond donors (Lipinski definition) is 0. The molecule has 12 aromatic rings. The molecule has 0 radical (unpaired) electrons. The summed E-state index contributed by atoms with van der Waals surface area (Å²) >= 11 is 0.